The third kappa shape index (κ3) is 2.64. The molecule has 0 fully saturated rings. The number of H-pyrrole nitrogens is 1. The van der Waals surface area contributed by atoms with E-state index in [-0.39, 0.29) is 0 Å². The van der Waals surface area contributed by atoms with Gasteiger partial charge in [0.1, 0.15) is 17.0 Å². The van der Waals surface area contributed by atoms with E-state index >= 15 is 0 Å². The molecule has 23 heavy (non-hydrogen) atoms. The highest BCUT2D eigenvalue weighted by Crippen LogP contribution is 2.18. The molecule has 0 saturated carbocycles. The second-order valence-electron chi connectivity index (χ2n) is 5.25. The van der Waals surface area contributed by atoms with Crippen molar-refractivity contribution in [3.8, 4) is 11.4 Å². The first-order valence-corrected chi connectivity index (χ1v) is 7.28. The van der Waals surface area contributed by atoms with E-state index in [1.54, 1.807) is 12.1 Å². The van der Waals surface area contributed by atoms with Gasteiger partial charge in [-0.2, -0.15) is 5.10 Å². The van der Waals surface area contributed by atoms with Crippen LogP contribution in [0.3, 0.4) is 0 Å². The van der Waals surface area contributed by atoms with Crippen molar-refractivity contribution in [1.82, 2.24) is 15.2 Å². The van der Waals surface area contributed by atoms with Crippen LogP contribution in [0, 0.1) is 0 Å². The molecule has 5 heteroatoms. The second-order valence-corrected chi connectivity index (χ2v) is 5.25. The van der Waals surface area contributed by atoms with Crippen LogP contribution in [0.2, 0.25) is 0 Å². The second kappa shape index (κ2) is 5.53. The molecular formula is C18H13N3O2. The molecule has 2 aromatic carbocycles. The third-order valence-electron chi connectivity index (χ3n) is 3.63. The van der Waals surface area contributed by atoms with Gasteiger partial charge in [-0.3, -0.25) is 5.10 Å². The molecule has 2 heterocycles. The van der Waals surface area contributed by atoms with Gasteiger partial charge >= 0.3 is 5.63 Å². The zero-order valence-electron chi connectivity index (χ0n) is 12.2. The Morgan fingerprint density at radius 1 is 1.00 bits per heavy atom. The van der Waals surface area contributed by atoms with Gasteiger partial charge in [0.25, 0.3) is 0 Å². The average molecular weight is 303 g/mol. The minimum atomic E-state index is -0.436. The van der Waals surface area contributed by atoms with Gasteiger partial charge in [0.15, 0.2) is 5.82 Å². The molecule has 0 amide bonds. The summed E-state index contributed by atoms with van der Waals surface area (Å²) in [5.41, 5.74) is 1.61. The molecular weight excluding hydrogens is 290 g/mol. The smallest absolute Gasteiger partial charge is 0.347 e. The van der Waals surface area contributed by atoms with E-state index in [4.69, 9.17) is 4.42 Å². The SMILES string of the molecule is O=c1oc2ccccc2cc1-c1n[nH]c(Cc2ccccc2)n1. The fourth-order valence-electron chi connectivity index (χ4n) is 2.50. The van der Waals surface area contributed by atoms with E-state index in [2.05, 4.69) is 15.2 Å². The highest BCUT2D eigenvalue weighted by Gasteiger charge is 2.13. The van der Waals surface area contributed by atoms with Gasteiger partial charge in [-0.25, -0.2) is 9.78 Å². The van der Waals surface area contributed by atoms with E-state index in [0.717, 1.165) is 10.9 Å². The van der Waals surface area contributed by atoms with Crippen LogP contribution in [-0.4, -0.2) is 15.2 Å². The van der Waals surface area contributed by atoms with E-state index in [0.29, 0.717) is 29.2 Å². The van der Waals surface area contributed by atoms with Gasteiger partial charge in [0.2, 0.25) is 0 Å². The molecule has 0 aliphatic heterocycles. The summed E-state index contributed by atoms with van der Waals surface area (Å²) in [6.07, 6.45) is 0.632. The van der Waals surface area contributed by atoms with Crippen LogP contribution < -0.4 is 5.63 Å². The molecule has 2 aromatic heterocycles. The number of hydrogen-bond donors (Lipinski definition) is 1. The fraction of sp³-hybridized carbons (Fsp3) is 0.0556. The molecule has 0 radical (unpaired) electrons. The number of hydrogen-bond acceptors (Lipinski definition) is 4. The normalized spacial score (nSPS) is 11.0. The van der Waals surface area contributed by atoms with E-state index in [1.807, 2.05) is 48.5 Å². The van der Waals surface area contributed by atoms with Gasteiger partial charge in [0, 0.05) is 11.8 Å². The number of rotatable bonds is 3. The summed E-state index contributed by atoms with van der Waals surface area (Å²) in [6.45, 7) is 0. The van der Waals surface area contributed by atoms with Crippen molar-refractivity contribution >= 4 is 11.0 Å². The predicted octanol–water partition coefficient (Wildman–Crippen LogP) is 3.17. The fourth-order valence-corrected chi connectivity index (χ4v) is 2.50. The number of benzene rings is 2. The Morgan fingerprint density at radius 2 is 1.78 bits per heavy atom. The Morgan fingerprint density at radius 3 is 2.65 bits per heavy atom. The highest BCUT2D eigenvalue weighted by molar-refractivity contribution is 5.80. The van der Waals surface area contributed by atoms with Crippen molar-refractivity contribution in [3.63, 3.8) is 0 Å². The lowest BCUT2D eigenvalue weighted by Gasteiger charge is -1.98. The molecule has 0 bridgehead atoms. The zero-order valence-corrected chi connectivity index (χ0v) is 12.2. The number of aromatic nitrogens is 3. The van der Waals surface area contributed by atoms with E-state index in [9.17, 15) is 4.79 Å². The maximum Gasteiger partial charge on any atom is 0.347 e. The summed E-state index contributed by atoms with van der Waals surface area (Å²) < 4.78 is 5.33. The quantitative estimate of drug-likeness (QED) is 0.590. The molecule has 1 N–H and O–H groups in total. The van der Waals surface area contributed by atoms with Crippen LogP contribution in [0.1, 0.15) is 11.4 Å². The van der Waals surface area contributed by atoms with Crippen LogP contribution >= 0.6 is 0 Å². The van der Waals surface area contributed by atoms with Gasteiger partial charge in [-0.15, -0.1) is 0 Å². The van der Waals surface area contributed by atoms with Crippen LogP contribution in [0.5, 0.6) is 0 Å². The lowest BCUT2D eigenvalue weighted by atomic mass is 10.1. The molecule has 4 aromatic rings. The summed E-state index contributed by atoms with van der Waals surface area (Å²) in [5, 5.41) is 7.88. The van der Waals surface area contributed by atoms with Crippen LogP contribution in [0.25, 0.3) is 22.4 Å². The molecule has 0 unspecified atom stereocenters. The van der Waals surface area contributed by atoms with Gasteiger partial charge < -0.3 is 4.42 Å². The van der Waals surface area contributed by atoms with E-state index in [1.165, 1.54) is 0 Å². The van der Waals surface area contributed by atoms with Crippen molar-refractivity contribution < 1.29 is 4.42 Å². The summed E-state index contributed by atoms with van der Waals surface area (Å²) in [5.74, 6) is 1.06. The topological polar surface area (TPSA) is 71.8 Å². The van der Waals surface area contributed by atoms with Crippen LogP contribution in [0.4, 0.5) is 0 Å². The van der Waals surface area contributed by atoms with Crippen molar-refractivity contribution in [3.05, 3.63) is 82.5 Å². The number of nitrogens with zero attached hydrogens (tertiary/aromatic N) is 2. The minimum Gasteiger partial charge on any atom is -0.422 e. The third-order valence-corrected chi connectivity index (χ3v) is 3.63. The molecule has 0 atom stereocenters. The Balaban J connectivity index is 1.71. The lowest BCUT2D eigenvalue weighted by Crippen LogP contribution is -2.03. The molecule has 0 aliphatic rings. The molecule has 0 saturated heterocycles. The first kappa shape index (κ1) is 13.5. The number of aromatic amines is 1. The van der Waals surface area contributed by atoms with Gasteiger partial charge in [0.05, 0.1) is 0 Å². The molecule has 4 rings (SSSR count). The maximum absolute atomic E-state index is 12.1. The van der Waals surface area contributed by atoms with Crippen molar-refractivity contribution in [2.75, 3.05) is 0 Å². The van der Waals surface area contributed by atoms with Crippen LogP contribution in [-0.2, 0) is 6.42 Å². The first-order chi connectivity index (χ1) is 11.3. The molecule has 0 spiro atoms. The zero-order chi connectivity index (χ0) is 15.6. The van der Waals surface area contributed by atoms with Gasteiger partial charge in [-0.05, 0) is 17.7 Å². The van der Waals surface area contributed by atoms with Crippen molar-refractivity contribution in [2.45, 2.75) is 6.42 Å². The van der Waals surface area contributed by atoms with Crippen molar-refractivity contribution in [1.29, 1.82) is 0 Å². The maximum atomic E-state index is 12.1. The average Bonchev–Trinajstić information content (AvgIpc) is 3.03. The van der Waals surface area contributed by atoms with E-state index < -0.39 is 5.63 Å². The number of para-hydroxylation sites is 1. The summed E-state index contributed by atoms with van der Waals surface area (Å²) >= 11 is 0. The molecule has 5 nitrogen and oxygen atoms in total. The first-order valence-electron chi connectivity index (χ1n) is 7.28. The molecule has 0 aliphatic carbocycles. The predicted molar refractivity (Wildman–Crippen MR) is 87.1 cm³/mol. The standard InChI is InChI=1S/C18H13N3O2/c22-18-14(11-13-8-4-5-9-15(13)23-18)17-19-16(20-21-17)10-12-6-2-1-3-7-12/h1-9,11H,10H2,(H,19,20,21). The summed E-state index contributed by atoms with van der Waals surface area (Å²) in [4.78, 5) is 16.6. The largest absolute Gasteiger partial charge is 0.422 e. The lowest BCUT2D eigenvalue weighted by molar-refractivity contribution is 0.563. The Hall–Kier alpha value is -3.21. The summed E-state index contributed by atoms with van der Waals surface area (Å²) in [7, 11) is 0. The Kier molecular flexibility index (Phi) is 3.24. The number of nitrogens with one attached hydrogen (secondary N) is 1. The summed E-state index contributed by atoms with van der Waals surface area (Å²) in [6, 6.07) is 19.1. The minimum absolute atomic E-state index is 0.357. The number of fused-ring (bicyclic) bond motifs is 1. The Bertz CT molecular complexity index is 1020. The van der Waals surface area contributed by atoms with Crippen LogP contribution in [0.15, 0.2) is 69.9 Å². The monoisotopic (exact) mass is 303 g/mol. The van der Waals surface area contributed by atoms with Gasteiger partial charge in [-0.1, -0.05) is 48.5 Å². The van der Waals surface area contributed by atoms with Crippen molar-refractivity contribution in [2.24, 2.45) is 0 Å². The molecule has 112 valence electrons. The Labute approximate surface area is 131 Å². The highest BCUT2D eigenvalue weighted by atomic mass is 16.4.